The predicted molar refractivity (Wildman–Crippen MR) is 122 cm³/mol. The molecular formula is C21H34N6O5S. The van der Waals surface area contributed by atoms with Gasteiger partial charge in [-0.2, -0.15) is 0 Å². The molecule has 2 aromatic rings. The molecule has 0 aliphatic heterocycles. The van der Waals surface area contributed by atoms with Crippen LogP contribution in [0.4, 0.5) is 5.95 Å². The van der Waals surface area contributed by atoms with Crippen LogP contribution in [0.25, 0.3) is 0 Å². The number of anilines is 1. The van der Waals surface area contributed by atoms with Gasteiger partial charge in [-0.3, -0.25) is 19.3 Å². The van der Waals surface area contributed by atoms with Gasteiger partial charge in [0.25, 0.3) is 0 Å². The van der Waals surface area contributed by atoms with E-state index < -0.39 is 21.4 Å². The number of ether oxygens (including phenoxy) is 2. The molecule has 2 aromatic heterocycles. The van der Waals surface area contributed by atoms with Gasteiger partial charge in [0.15, 0.2) is 0 Å². The fourth-order valence-corrected chi connectivity index (χ4v) is 5.54. The number of nitrogens with one attached hydrogen (secondary N) is 1. The lowest BCUT2D eigenvalue weighted by Crippen LogP contribution is -2.34. The SMILES string of the molecule is CO[C@H](c1cnc(C)cn1)[C@H](C)S(=O)(=O)Nc1nnc(CCOCCO)n1C1(C2CC2)CC1.[HH]. The summed E-state index contributed by atoms with van der Waals surface area (Å²) in [4.78, 5) is 8.51. The van der Waals surface area contributed by atoms with Gasteiger partial charge in [-0.25, -0.2) is 8.42 Å². The quantitative estimate of drug-likeness (QED) is 0.407. The smallest absolute Gasteiger partial charge is 0.240 e. The van der Waals surface area contributed by atoms with Crippen LogP contribution in [0.1, 0.15) is 57.3 Å². The van der Waals surface area contributed by atoms with E-state index in [1.165, 1.54) is 13.3 Å². The molecule has 184 valence electrons. The first-order valence-electron chi connectivity index (χ1n) is 11.3. The second kappa shape index (κ2) is 9.61. The number of aliphatic hydroxyl groups excluding tert-OH is 1. The van der Waals surface area contributed by atoms with Gasteiger partial charge in [0.05, 0.1) is 42.9 Å². The maximum Gasteiger partial charge on any atom is 0.240 e. The molecule has 2 aliphatic rings. The molecule has 2 fully saturated rings. The zero-order chi connectivity index (χ0) is 23.6. The predicted octanol–water partition coefficient (Wildman–Crippen LogP) is 1.59. The van der Waals surface area contributed by atoms with Crippen molar-refractivity contribution in [3.8, 4) is 0 Å². The van der Waals surface area contributed by atoms with Gasteiger partial charge in [0.1, 0.15) is 17.2 Å². The van der Waals surface area contributed by atoms with Gasteiger partial charge in [0.2, 0.25) is 16.0 Å². The molecule has 0 aromatic carbocycles. The second-order valence-electron chi connectivity index (χ2n) is 8.83. The van der Waals surface area contributed by atoms with Crippen molar-refractivity contribution in [3.05, 3.63) is 29.6 Å². The Balaban J connectivity index is 0.00000324. The fraction of sp³-hybridized carbons (Fsp3) is 0.714. The number of hydrogen-bond acceptors (Lipinski definition) is 9. The van der Waals surface area contributed by atoms with E-state index in [-0.39, 0.29) is 26.1 Å². The van der Waals surface area contributed by atoms with Crippen LogP contribution < -0.4 is 4.72 Å². The summed E-state index contributed by atoms with van der Waals surface area (Å²) < 4.78 is 42.3. The molecule has 2 heterocycles. The van der Waals surface area contributed by atoms with Gasteiger partial charge < -0.3 is 14.6 Å². The van der Waals surface area contributed by atoms with Crippen molar-refractivity contribution in [2.45, 2.75) is 62.8 Å². The van der Waals surface area contributed by atoms with Crippen molar-refractivity contribution < 1.29 is 24.4 Å². The summed E-state index contributed by atoms with van der Waals surface area (Å²) >= 11 is 0. The van der Waals surface area contributed by atoms with Crippen LogP contribution in [0, 0.1) is 12.8 Å². The normalized spacial score (nSPS) is 19.3. The van der Waals surface area contributed by atoms with Crippen molar-refractivity contribution in [1.29, 1.82) is 0 Å². The molecule has 2 N–H and O–H groups in total. The first kappa shape index (κ1) is 24.0. The van der Waals surface area contributed by atoms with E-state index in [9.17, 15) is 8.42 Å². The van der Waals surface area contributed by atoms with E-state index in [1.54, 1.807) is 13.1 Å². The molecule has 4 rings (SSSR count). The minimum absolute atomic E-state index is 0. The lowest BCUT2D eigenvalue weighted by atomic mass is 10.1. The summed E-state index contributed by atoms with van der Waals surface area (Å²) in [5.41, 5.74) is 1.06. The summed E-state index contributed by atoms with van der Waals surface area (Å²) in [5.74, 6) is 1.43. The summed E-state index contributed by atoms with van der Waals surface area (Å²) in [6.07, 6.45) is 7.01. The Morgan fingerprint density at radius 1 is 1.27 bits per heavy atom. The van der Waals surface area contributed by atoms with Crippen LogP contribution in [0.2, 0.25) is 0 Å². The summed E-state index contributed by atoms with van der Waals surface area (Å²) in [6.45, 7) is 3.97. The molecule has 0 bridgehead atoms. The summed E-state index contributed by atoms with van der Waals surface area (Å²) in [6, 6.07) is 0. The number of nitrogens with zero attached hydrogens (tertiary/aromatic N) is 5. The van der Waals surface area contributed by atoms with Crippen LogP contribution in [0.5, 0.6) is 0 Å². The topological polar surface area (TPSA) is 141 Å². The van der Waals surface area contributed by atoms with Gasteiger partial charge in [-0.15, -0.1) is 10.2 Å². The highest BCUT2D eigenvalue weighted by molar-refractivity contribution is 7.93. The molecule has 11 nitrogen and oxygen atoms in total. The number of methoxy groups -OCH3 is 1. The lowest BCUT2D eigenvalue weighted by Gasteiger charge is -2.25. The van der Waals surface area contributed by atoms with Crippen molar-refractivity contribution >= 4 is 16.0 Å². The monoisotopic (exact) mass is 482 g/mol. The molecule has 12 heteroatoms. The standard InChI is InChI=1S/C21H32N6O5S.H2/c1-14-12-23-17(13-22-14)19(31-3)15(2)33(29,30)26-20-25-24-18(6-10-32-11-9-28)27(20)21(7-8-21)16-4-5-16;/h12-13,15-16,19,28H,4-11H2,1-3H3,(H,25,26);1H/t15-,19-;/m0./s1. The molecule has 2 aliphatic carbocycles. The largest absolute Gasteiger partial charge is 0.394 e. The molecule has 33 heavy (non-hydrogen) atoms. The highest BCUT2D eigenvalue weighted by Gasteiger charge is 2.57. The summed E-state index contributed by atoms with van der Waals surface area (Å²) in [7, 11) is -2.43. The molecular weight excluding hydrogens is 448 g/mol. The Kier molecular flexibility index (Phi) is 6.99. The number of hydrogen-bond donors (Lipinski definition) is 2. The Bertz CT molecular complexity index is 1060. The number of rotatable bonds is 13. The Hall–Kier alpha value is -2.15. The van der Waals surface area contributed by atoms with Crippen LogP contribution in [0.3, 0.4) is 0 Å². The third-order valence-corrected chi connectivity index (χ3v) is 8.17. The maximum atomic E-state index is 13.4. The van der Waals surface area contributed by atoms with E-state index in [4.69, 9.17) is 14.6 Å². The molecule has 2 saturated carbocycles. The van der Waals surface area contributed by atoms with E-state index >= 15 is 0 Å². The minimum Gasteiger partial charge on any atom is -0.394 e. The Morgan fingerprint density at radius 3 is 2.61 bits per heavy atom. The highest BCUT2D eigenvalue weighted by Crippen LogP contribution is 2.60. The first-order chi connectivity index (χ1) is 15.8. The molecule has 0 saturated heterocycles. The maximum absolute atomic E-state index is 13.4. The summed E-state index contributed by atoms with van der Waals surface area (Å²) in [5, 5.41) is 16.5. The average Bonchev–Trinajstić information content (AvgIpc) is 3.71. The molecule has 0 spiro atoms. The zero-order valence-corrected chi connectivity index (χ0v) is 20.1. The van der Waals surface area contributed by atoms with E-state index in [0.717, 1.165) is 31.4 Å². The second-order valence-corrected chi connectivity index (χ2v) is 10.9. The van der Waals surface area contributed by atoms with Crippen LogP contribution in [0.15, 0.2) is 12.4 Å². The molecule has 0 unspecified atom stereocenters. The van der Waals surface area contributed by atoms with Crippen molar-refractivity contribution in [2.24, 2.45) is 5.92 Å². The Morgan fingerprint density at radius 2 is 2.03 bits per heavy atom. The molecule has 0 radical (unpaired) electrons. The van der Waals surface area contributed by atoms with Crippen LogP contribution >= 0.6 is 0 Å². The number of aliphatic hydroxyl groups is 1. The molecule has 0 amide bonds. The number of aromatic nitrogens is 5. The zero-order valence-electron chi connectivity index (χ0n) is 19.3. The van der Waals surface area contributed by atoms with E-state index in [0.29, 0.717) is 30.5 Å². The Labute approximate surface area is 195 Å². The van der Waals surface area contributed by atoms with Gasteiger partial charge in [-0.05, 0) is 45.4 Å². The third-order valence-electron chi connectivity index (χ3n) is 6.48. The van der Waals surface area contributed by atoms with Crippen molar-refractivity contribution in [1.82, 2.24) is 24.7 Å². The number of aryl methyl sites for hydroxylation is 1. The lowest BCUT2D eigenvalue weighted by molar-refractivity contribution is 0.0928. The molecule has 2 atom stereocenters. The van der Waals surface area contributed by atoms with Crippen LogP contribution in [-0.4, -0.2) is 70.4 Å². The van der Waals surface area contributed by atoms with E-state index in [2.05, 4.69) is 24.9 Å². The average molecular weight is 483 g/mol. The van der Waals surface area contributed by atoms with Crippen molar-refractivity contribution in [3.63, 3.8) is 0 Å². The van der Waals surface area contributed by atoms with Gasteiger partial charge >= 0.3 is 0 Å². The number of sulfonamides is 1. The van der Waals surface area contributed by atoms with Crippen LogP contribution in [-0.2, 0) is 31.5 Å². The third kappa shape index (κ3) is 5.03. The van der Waals surface area contributed by atoms with Crippen molar-refractivity contribution in [2.75, 3.05) is 31.7 Å². The van der Waals surface area contributed by atoms with E-state index in [1.807, 2.05) is 11.5 Å². The van der Waals surface area contributed by atoms with Gasteiger partial charge in [0, 0.05) is 21.2 Å². The van der Waals surface area contributed by atoms with Gasteiger partial charge in [-0.1, -0.05) is 0 Å². The highest BCUT2D eigenvalue weighted by atomic mass is 32.2. The first-order valence-corrected chi connectivity index (χ1v) is 12.8. The minimum atomic E-state index is -3.89. The fourth-order valence-electron chi connectivity index (χ4n) is 4.39.